The second-order valence-electron chi connectivity index (χ2n) is 6.77. The smallest absolute Gasteiger partial charge is 0.326 e. The normalized spacial score (nSPS) is 29.9. The SMILES string of the molecule is CCN1C(=O)[C@@H]2[C@H](c3ccccc3F)N[C@](CCSC)(C(=O)OC)[C@H]2C1=O. The van der Waals surface area contributed by atoms with Gasteiger partial charge in [0, 0.05) is 18.2 Å². The molecular formula is C19H23FN2O4S. The first kappa shape index (κ1) is 19.8. The van der Waals surface area contributed by atoms with Crippen molar-refractivity contribution >= 4 is 29.5 Å². The van der Waals surface area contributed by atoms with Crippen LogP contribution in [-0.4, -0.2) is 53.9 Å². The van der Waals surface area contributed by atoms with E-state index in [1.807, 2.05) is 6.26 Å². The van der Waals surface area contributed by atoms with Crippen LogP contribution in [0.4, 0.5) is 4.39 Å². The Morgan fingerprint density at radius 2 is 2.04 bits per heavy atom. The number of nitrogens with zero attached hydrogens (tertiary/aromatic N) is 1. The average molecular weight is 394 g/mol. The molecule has 3 rings (SSSR count). The largest absolute Gasteiger partial charge is 0.468 e. The minimum Gasteiger partial charge on any atom is -0.468 e. The summed E-state index contributed by atoms with van der Waals surface area (Å²) >= 11 is 1.53. The number of hydrogen-bond acceptors (Lipinski definition) is 6. The molecule has 1 N–H and O–H groups in total. The maximum absolute atomic E-state index is 14.5. The van der Waals surface area contributed by atoms with Crippen molar-refractivity contribution in [2.45, 2.75) is 24.9 Å². The quantitative estimate of drug-likeness (QED) is 0.585. The van der Waals surface area contributed by atoms with Gasteiger partial charge in [0.05, 0.1) is 18.9 Å². The summed E-state index contributed by atoms with van der Waals surface area (Å²) in [5.74, 6) is -3.00. The molecule has 0 aromatic heterocycles. The predicted molar refractivity (Wildman–Crippen MR) is 99.4 cm³/mol. The van der Waals surface area contributed by atoms with Gasteiger partial charge >= 0.3 is 5.97 Å². The summed E-state index contributed by atoms with van der Waals surface area (Å²) in [5.41, 5.74) is -1.08. The van der Waals surface area contributed by atoms with E-state index in [0.717, 1.165) is 0 Å². The Labute approximate surface area is 161 Å². The van der Waals surface area contributed by atoms with Gasteiger partial charge in [0.1, 0.15) is 11.4 Å². The first-order valence-corrected chi connectivity index (χ1v) is 10.3. The molecule has 0 aliphatic carbocycles. The van der Waals surface area contributed by atoms with E-state index >= 15 is 0 Å². The fourth-order valence-corrected chi connectivity index (χ4v) is 4.86. The molecule has 27 heavy (non-hydrogen) atoms. The lowest BCUT2D eigenvalue weighted by molar-refractivity contribution is -0.154. The standard InChI is InChI=1S/C19H23FN2O4S/c1-4-22-16(23)13-14(17(22)24)19(9-10-27-3,18(25)26-2)21-15(13)11-7-5-6-8-12(11)20/h5-8,13-15,21H,4,9-10H2,1-3H3/t13-,14+,15-,19-/m0/s1. The van der Waals surface area contributed by atoms with Crippen LogP contribution in [0.5, 0.6) is 0 Å². The van der Waals surface area contributed by atoms with Crippen LogP contribution in [0.25, 0.3) is 0 Å². The van der Waals surface area contributed by atoms with Crippen molar-refractivity contribution in [2.24, 2.45) is 11.8 Å². The lowest BCUT2D eigenvalue weighted by Gasteiger charge is -2.32. The summed E-state index contributed by atoms with van der Waals surface area (Å²) in [6.07, 6.45) is 2.20. The van der Waals surface area contributed by atoms with Crippen LogP contribution >= 0.6 is 11.8 Å². The Morgan fingerprint density at radius 3 is 2.63 bits per heavy atom. The number of imide groups is 1. The number of thioether (sulfide) groups is 1. The summed E-state index contributed by atoms with van der Waals surface area (Å²) < 4.78 is 19.5. The number of amides is 2. The third-order valence-corrected chi connectivity index (χ3v) is 6.16. The number of hydrogen-bond donors (Lipinski definition) is 1. The number of halogens is 1. The number of fused-ring (bicyclic) bond motifs is 1. The van der Waals surface area contributed by atoms with Crippen LogP contribution < -0.4 is 5.32 Å². The molecule has 0 spiro atoms. The van der Waals surface area contributed by atoms with Gasteiger partial charge in [-0.25, -0.2) is 4.39 Å². The number of methoxy groups -OCH3 is 1. The fraction of sp³-hybridized carbons (Fsp3) is 0.526. The Kier molecular flexibility index (Phi) is 5.58. The predicted octanol–water partition coefficient (Wildman–Crippen LogP) is 1.76. The summed E-state index contributed by atoms with van der Waals surface area (Å²) in [4.78, 5) is 40.0. The lowest BCUT2D eigenvalue weighted by Crippen LogP contribution is -2.56. The molecule has 1 aromatic rings. The summed E-state index contributed by atoms with van der Waals surface area (Å²) in [6.45, 7) is 1.93. The summed E-state index contributed by atoms with van der Waals surface area (Å²) in [5, 5.41) is 3.16. The molecule has 0 radical (unpaired) electrons. The molecular weight excluding hydrogens is 371 g/mol. The number of nitrogens with one attached hydrogen (secondary N) is 1. The van der Waals surface area contributed by atoms with Crippen molar-refractivity contribution in [1.82, 2.24) is 10.2 Å². The van der Waals surface area contributed by atoms with E-state index in [0.29, 0.717) is 12.2 Å². The topological polar surface area (TPSA) is 75.7 Å². The molecule has 1 aromatic carbocycles. The van der Waals surface area contributed by atoms with E-state index in [2.05, 4.69) is 5.32 Å². The van der Waals surface area contributed by atoms with Crippen molar-refractivity contribution in [3.05, 3.63) is 35.6 Å². The lowest BCUT2D eigenvalue weighted by atomic mass is 9.78. The molecule has 2 fully saturated rings. The Hall–Kier alpha value is -1.93. The minimum absolute atomic E-state index is 0.217. The molecule has 8 heteroatoms. The van der Waals surface area contributed by atoms with Gasteiger partial charge in [-0.15, -0.1) is 0 Å². The van der Waals surface area contributed by atoms with Gasteiger partial charge in [-0.3, -0.25) is 24.6 Å². The highest BCUT2D eigenvalue weighted by Crippen LogP contribution is 2.50. The first-order chi connectivity index (χ1) is 12.9. The van der Waals surface area contributed by atoms with Gasteiger partial charge in [-0.05, 0) is 31.4 Å². The number of likely N-dealkylation sites (tertiary alicyclic amines) is 1. The molecule has 4 atom stereocenters. The molecule has 2 heterocycles. The van der Waals surface area contributed by atoms with Crippen LogP contribution in [0.3, 0.4) is 0 Å². The molecule has 0 bridgehead atoms. The monoisotopic (exact) mass is 394 g/mol. The van der Waals surface area contributed by atoms with Gasteiger partial charge in [0.15, 0.2) is 0 Å². The maximum Gasteiger partial charge on any atom is 0.326 e. The Bertz CT molecular complexity index is 774. The maximum atomic E-state index is 14.5. The van der Waals surface area contributed by atoms with Gasteiger partial charge in [-0.1, -0.05) is 18.2 Å². The molecule has 146 valence electrons. The van der Waals surface area contributed by atoms with E-state index < -0.39 is 41.1 Å². The average Bonchev–Trinajstić information content (AvgIpc) is 3.14. The zero-order chi connectivity index (χ0) is 19.8. The molecule has 0 unspecified atom stereocenters. The molecule has 2 aliphatic rings. The van der Waals surface area contributed by atoms with Gasteiger partial charge in [-0.2, -0.15) is 11.8 Å². The van der Waals surface area contributed by atoms with E-state index in [1.165, 1.54) is 29.8 Å². The highest BCUT2D eigenvalue weighted by molar-refractivity contribution is 7.98. The zero-order valence-corrected chi connectivity index (χ0v) is 16.3. The van der Waals surface area contributed by atoms with Crippen LogP contribution in [0.15, 0.2) is 24.3 Å². The van der Waals surface area contributed by atoms with Gasteiger partial charge in [0.25, 0.3) is 0 Å². The number of carbonyl (C=O) groups excluding carboxylic acids is 3. The van der Waals surface area contributed by atoms with E-state index in [9.17, 15) is 18.8 Å². The van der Waals surface area contributed by atoms with Crippen LogP contribution in [0.2, 0.25) is 0 Å². The van der Waals surface area contributed by atoms with Crippen molar-refractivity contribution < 1.29 is 23.5 Å². The number of ether oxygens (including phenoxy) is 1. The Morgan fingerprint density at radius 1 is 1.33 bits per heavy atom. The fourth-order valence-electron chi connectivity index (χ4n) is 4.33. The summed E-state index contributed by atoms with van der Waals surface area (Å²) in [7, 11) is 1.26. The first-order valence-electron chi connectivity index (χ1n) is 8.87. The second kappa shape index (κ2) is 7.59. The third-order valence-electron chi connectivity index (χ3n) is 5.55. The van der Waals surface area contributed by atoms with E-state index in [4.69, 9.17) is 4.74 Å². The van der Waals surface area contributed by atoms with E-state index in [1.54, 1.807) is 25.1 Å². The highest BCUT2D eigenvalue weighted by Gasteiger charge is 2.68. The number of rotatable bonds is 6. The second-order valence-corrected chi connectivity index (χ2v) is 7.76. The molecule has 2 aliphatic heterocycles. The highest BCUT2D eigenvalue weighted by atomic mass is 32.2. The molecule has 0 saturated carbocycles. The van der Waals surface area contributed by atoms with Gasteiger partial charge in [0.2, 0.25) is 11.8 Å². The third kappa shape index (κ3) is 2.95. The van der Waals surface area contributed by atoms with Crippen LogP contribution in [-0.2, 0) is 19.1 Å². The molecule has 2 saturated heterocycles. The number of benzene rings is 1. The summed E-state index contributed by atoms with van der Waals surface area (Å²) in [6, 6.07) is 5.36. The zero-order valence-electron chi connectivity index (χ0n) is 15.5. The van der Waals surface area contributed by atoms with Crippen molar-refractivity contribution in [3.8, 4) is 0 Å². The van der Waals surface area contributed by atoms with Crippen molar-refractivity contribution in [3.63, 3.8) is 0 Å². The minimum atomic E-state index is -1.36. The van der Waals surface area contributed by atoms with Crippen LogP contribution in [0.1, 0.15) is 24.9 Å². The molecule has 6 nitrogen and oxygen atoms in total. The number of carbonyl (C=O) groups is 3. The van der Waals surface area contributed by atoms with Crippen molar-refractivity contribution in [1.29, 1.82) is 0 Å². The number of esters is 1. The van der Waals surface area contributed by atoms with E-state index in [-0.39, 0.29) is 18.0 Å². The molecule has 2 amide bonds. The van der Waals surface area contributed by atoms with Crippen molar-refractivity contribution in [2.75, 3.05) is 25.7 Å². The van der Waals surface area contributed by atoms with Crippen LogP contribution in [0, 0.1) is 17.7 Å². The van der Waals surface area contributed by atoms with Gasteiger partial charge < -0.3 is 4.74 Å². The Balaban J connectivity index is 2.16.